The van der Waals surface area contributed by atoms with E-state index < -0.39 is 11.9 Å². The smallest absolute Gasteiger partial charge is 0.192 e. The van der Waals surface area contributed by atoms with Crippen molar-refractivity contribution in [2.75, 3.05) is 26.7 Å². The van der Waals surface area contributed by atoms with E-state index in [4.69, 9.17) is 4.74 Å². The average molecular weight is 223 g/mol. The SMILES string of the molecule is CN1CCOC(C(=O)c2cccc(F)c2)C1. The maximum atomic E-state index is 13.0. The standard InChI is InChI=1S/C12H14FNO2/c1-14-5-6-16-11(8-14)12(15)9-3-2-4-10(13)7-9/h2-4,7,11H,5-6,8H2,1H3. The average Bonchev–Trinajstić information content (AvgIpc) is 2.28. The van der Waals surface area contributed by atoms with Crippen LogP contribution in [0.25, 0.3) is 0 Å². The van der Waals surface area contributed by atoms with E-state index in [9.17, 15) is 9.18 Å². The lowest BCUT2D eigenvalue weighted by atomic mass is 10.1. The van der Waals surface area contributed by atoms with E-state index in [0.717, 1.165) is 6.54 Å². The van der Waals surface area contributed by atoms with Crippen molar-refractivity contribution in [2.24, 2.45) is 0 Å². The van der Waals surface area contributed by atoms with Crippen molar-refractivity contribution in [3.05, 3.63) is 35.6 Å². The van der Waals surface area contributed by atoms with Gasteiger partial charge in [0.2, 0.25) is 0 Å². The van der Waals surface area contributed by atoms with Gasteiger partial charge in [0.25, 0.3) is 0 Å². The molecule has 1 aliphatic rings. The third-order valence-corrected chi connectivity index (χ3v) is 2.67. The highest BCUT2D eigenvalue weighted by Crippen LogP contribution is 2.12. The van der Waals surface area contributed by atoms with Gasteiger partial charge in [0.1, 0.15) is 11.9 Å². The van der Waals surface area contributed by atoms with Crippen molar-refractivity contribution in [3.8, 4) is 0 Å². The van der Waals surface area contributed by atoms with Gasteiger partial charge in [0.15, 0.2) is 5.78 Å². The number of likely N-dealkylation sites (N-methyl/N-ethyl adjacent to an activating group) is 1. The van der Waals surface area contributed by atoms with Crippen LogP contribution in [-0.2, 0) is 4.74 Å². The molecule has 1 atom stereocenters. The molecule has 0 radical (unpaired) electrons. The van der Waals surface area contributed by atoms with Crippen LogP contribution in [-0.4, -0.2) is 43.5 Å². The molecule has 1 saturated heterocycles. The van der Waals surface area contributed by atoms with Gasteiger partial charge >= 0.3 is 0 Å². The van der Waals surface area contributed by atoms with Crippen LogP contribution >= 0.6 is 0 Å². The zero-order chi connectivity index (χ0) is 11.5. The Labute approximate surface area is 93.8 Å². The molecule has 1 aliphatic heterocycles. The molecule has 1 unspecified atom stereocenters. The Kier molecular flexibility index (Phi) is 3.31. The number of carbonyl (C=O) groups is 1. The number of Topliss-reactive ketones (excluding diaryl/α,β-unsaturated/α-hetero) is 1. The highest BCUT2D eigenvalue weighted by Gasteiger charge is 2.25. The zero-order valence-electron chi connectivity index (χ0n) is 9.15. The van der Waals surface area contributed by atoms with Gasteiger partial charge in [-0.2, -0.15) is 0 Å². The number of benzene rings is 1. The molecule has 0 spiro atoms. The van der Waals surface area contributed by atoms with Crippen molar-refractivity contribution in [2.45, 2.75) is 6.10 Å². The second-order valence-corrected chi connectivity index (χ2v) is 4.00. The van der Waals surface area contributed by atoms with Gasteiger partial charge in [0.05, 0.1) is 6.61 Å². The number of nitrogens with zero attached hydrogens (tertiary/aromatic N) is 1. The van der Waals surface area contributed by atoms with Gasteiger partial charge in [-0.3, -0.25) is 4.79 Å². The molecule has 16 heavy (non-hydrogen) atoms. The van der Waals surface area contributed by atoms with Crippen molar-refractivity contribution in [3.63, 3.8) is 0 Å². The maximum absolute atomic E-state index is 13.0. The van der Waals surface area contributed by atoms with Crippen LogP contribution in [0.1, 0.15) is 10.4 Å². The van der Waals surface area contributed by atoms with Gasteiger partial charge in [-0.25, -0.2) is 4.39 Å². The van der Waals surface area contributed by atoms with E-state index in [-0.39, 0.29) is 5.78 Å². The Morgan fingerprint density at radius 3 is 3.06 bits per heavy atom. The van der Waals surface area contributed by atoms with E-state index in [0.29, 0.717) is 18.7 Å². The summed E-state index contributed by atoms with van der Waals surface area (Å²) in [4.78, 5) is 14.0. The monoisotopic (exact) mass is 223 g/mol. The summed E-state index contributed by atoms with van der Waals surface area (Å²) in [5.41, 5.74) is 0.375. The first kappa shape index (κ1) is 11.2. The molecule has 0 N–H and O–H groups in total. The number of ether oxygens (including phenoxy) is 1. The van der Waals surface area contributed by atoms with Gasteiger partial charge in [-0.15, -0.1) is 0 Å². The van der Waals surface area contributed by atoms with Crippen molar-refractivity contribution < 1.29 is 13.9 Å². The first-order valence-corrected chi connectivity index (χ1v) is 5.27. The summed E-state index contributed by atoms with van der Waals surface area (Å²) in [6, 6.07) is 5.73. The van der Waals surface area contributed by atoms with Crippen LogP contribution in [0.4, 0.5) is 4.39 Å². The minimum absolute atomic E-state index is 0.147. The molecule has 4 heteroatoms. The summed E-state index contributed by atoms with van der Waals surface area (Å²) in [5.74, 6) is -0.541. The van der Waals surface area contributed by atoms with E-state index in [2.05, 4.69) is 0 Å². The molecule has 1 aromatic rings. The Morgan fingerprint density at radius 1 is 1.56 bits per heavy atom. The van der Waals surface area contributed by atoms with Crippen LogP contribution in [0.15, 0.2) is 24.3 Å². The molecule has 0 aromatic heterocycles. The molecule has 1 aromatic carbocycles. The molecule has 0 aliphatic carbocycles. The number of hydrogen-bond acceptors (Lipinski definition) is 3. The number of halogens is 1. The van der Waals surface area contributed by atoms with Crippen molar-refractivity contribution in [1.29, 1.82) is 0 Å². The molecular weight excluding hydrogens is 209 g/mol. The van der Waals surface area contributed by atoms with Gasteiger partial charge in [-0.1, -0.05) is 12.1 Å². The van der Waals surface area contributed by atoms with Crippen LogP contribution in [0, 0.1) is 5.82 Å². The molecule has 1 fully saturated rings. The fraction of sp³-hybridized carbons (Fsp3) is 0.417. The third-order valence-electron chi connectivity index (χ3n) is 2.67. The van der Waals surface area contributed by atoms with Gasteiger partial charge in [-0.05, 0) is 19.2 Å². The Morgan fingerprint density at radius 2 is 2.38 bits per heavy atom. The second kappa shape index (κ2) is 4.72. The van der Waals surface area contributed by atoms with E-state index in [1.165, 1.54) is 18.2 Å². The van der Waals surface area contributed by atoms with Crippen LogP contribution < -0.4 is 0 Å². The lowest BCUT2D eigenvalue weighted by Gasteiger charge is -2.29. The first-order valence-electron chi connectivity index (χ1n) is 5.27. The number of hydrogen-bond donors (Lipinski definition) is 0. The highest BCUT2D eigenvalue weighted by molar-refractivity contribution is 5.99. The first-order chi connectivity index (χ1) is 7.66. The van der Waals surface area contributed by atoms with Crippen LogP contribution in [0.3, 0.4) is 0 Å². The summed E-state index contributed by atoms with van der Waals surface area (Å²) in [6.07, 6.45) is -0.472. The minimum atomic E-state index is -0.472. The zero-order valence-corrected chi connectivity index (χ0v) is 9.15. The largest absolute Gasteiger partial charge is 0.367 e. The predicted molar refractivity (Wildman–Crippen MR) is 58.0 cm³/mol. The number of carbonyl (C=O) groups excluding carboxylic acids is 1. The van der Waals surface area contributed by atoms with Crippen LogP contribution in [0.2, 0.25) is 0 Å². The maximum Gasteiger partial charge on any atom is 0.192 e. The minimum Gasteiger partial charge on any atom is -0.367 e. The fourth-order valence-corrected chi connectivity index (χ4v) is 1.76. The number of ketones is 1. The summed E-state index contributed by atoms with van der Waals surface area (Å²) in [6.45, 7) is 1.94. The van der Waals surface area contributed by atoms with Gasteiger partial charge in [0, 0.05) is 18.7 Å². The van der Waals surface area contributed by atoms with Gasteiger partial charge < -0.3 is 9.64 Å². The number of morpholine rings is 1. The lowest BCUT2D eigenvalue weighted by Crippen LogP contribution is -2.44. The third kappa shape index (κ3) is 2.46. The molecule has 3 nitrogen and oxygen atoms in total. The lowest BCUT2D eigenvalue weighted by molar-refractivity contribution is -0.00863. The molecule has 0 bridgehead atoms. The predicted octanol–water partition coefficient (Wildman–Crippen LogP) is 1.34. The fourth-order valence-electron chi connectivity index (χ4n) is 1.76. The molecule has 2 rings (SSSR count). The molecule has 1 heterocycles. The van der Waals surface area contributed by atoms with Crippen LogP contribution in [0.5, 0.6) is 0 Å². The second-order valence-electron chi connectivity index (χ2n) is 4.00. The summed E-state index contributed by atoms with van der Waals surface area (Å²) < 4.78 is 18.4. The van der Waals surface area contributed by atoms with Crippen molar-refractivity contribution >= 4 is 5.78 Å². The summed E-state index contributed by atoms with van der Waals surface area (Å²) >= 11 is 0. The Bertz CT molecular complexity index is 394. The summed E-state index contributed by atoms with van der Waals surface area (Å²) in [7, 11) is 1.94. The number of rotatable bonds is 2. The highest BCUT2D eigenvalue weighted by atomic mass is 19.1. The van der Waals surface area contributed by atoms with E-state index >= 15 is 0 Å². The van der Waals surface area contributed by atoms with E-state index in [1.807, 2.05) is 11.9 Å². The molecule has 0 saturated carbocycles. The Balaban J connectivity index is 2.12. The molecule has 86 valence electrons. The molecular formula is C12H14FNO2. The quantitative estimate of drug-likeness (QED) is 0.709. The van der Waals surface area contributed by atoms with E-state index in [1.54, 1.807) is 6.07 Å². The van der Waals surface area contributed by atoms with Crippen molar-refractivity contribution in [1.82, 2.24) is 4.90 Å². The summed E-state index contributed by atoms with van der Waals surface area (Å²) in [5, 5.41) is 0. The Hall–Kier alpha value is -1.26. The molecule has 0 amide bonds. The normalized spacial score (nSPS) is 22.0. The topological polar surface area (TPSA) is 29.5 Å².